The van der Waals surface area contributed by atoms with Gasteiger partial charge in [-0.25, -0.2) is 0 Å². The number of phenolic OH excluding ortho intramolecular Hbond substituents is 2. The fourth-order valence-electron chi connectivity index (χ4n) is 0.837. The summed E-state index contributed by atoms with van der Waals surface area (Å²) in [4.78, 5) is 9.16. The maximum atomic E-state index is 11.2. The molecule has 1 aromatic carbocycles. The quantitative estimate of drug-likeness (QED) is 0.483. The van der Waals surface area contributed by atoms with E-state index in [0.717, 1.165) is 19.2 Å². The molecule has 0 radical (unpaired) electrons. The van der Waals surface area contributed by atoms with E-state index >= 15 is 0 Å². The van der Waals surface area contributed by atoms with Crippen LogP contribution in [0, 0.1) is 0 Å². The normalized spacial score (nSPS) is 15.2. The molecule has 5 nitrogen and oxygen atoms in total. The summed E-state index contributed by atoms with van der Waals surface area (Å²) in [6.45, 7) is 0. The number of hydrogen-bond acceptors (Lipinski definition) is 4. The van der Waals surface area contributed by atoms with Crippen LogP contribution < -0.4 is 5.30 Å². The first-order valence-corrected chi connectivity index (χ1v) is 4.96. The first kappa shape index (κ1) is 10.1. The van der Waals surface area contributed by atoms with Crippen molar-refractivity contribution in [3.05, 3.63) is 18.2 Å². The van der Waals surface area contributed by atoms with Crippen molar-refractivity contribution in [1.82, 2.24) is 0 Å². The summed E-state index contributed by atoms with van der Waals surface area (Å²) in [6, 6.07) is 3.31. The molecule has 0 aliphatic heterocycles. The molecule has 0 fully saturated rings. The zero-order chi connectivity index (χ0) is 10.1. The predicted octanol–water partition coefficient (Wildman–Crippen LogP) is 0.555. The molecule has 6 heteroatoms. The van der Waals surface area contributed by atoms with Gasteiger partial charge in [0.05, 0.1) is 0 Å². The van der Waals surface area contributed by atoms with Gasteiger partial charge in [0.25, 0.3) is 0 Å². The van der Waals surface area contributed by atoms with Gasteiger partial charge in [0.15, 0.2) is 0 Å². The Morgan fingerprint density at radius 2 is 2.00 bits per heavy atom. The van der Waals surface area contributed by atoms with Crippen LogP contribution >= 0.6 is 7.60 Å². The Balaban J connectivity index is 3.29. The molecule has 0 heterocycles. The average molecular weight is 204 g/mol. The number of hydrogen-bond donors (Lipinski definition) is 3. The van der Waals surface area contributed by atoms with Crippen molar-refractivity contribution in [3.63, 3.8) is 0 Å². The molecule has 72 valence electrons. The van der Waals surface area contributed by atoms with Crippen molar-refractivity contribution in [1.29, 1.82) is 0 Å². The topological polar surface area (TPSA) is 87.0 Å². The molecule has 0 spiro atoms. The fraction of sp³-hybridized carbons (Fsp3) is 0.143. The Hall–Kier alpha value is -1.03. The second-order valence-electron chi connectivity index (χ2n) is 2.38. The molecule has 1 atom stereocenters. The number of phenols is 2. The lowest BCUT2D eigenvalue weighted by Crippen LogP contribution is -2.05. The Morgan fingerprint density at radius 1 is 1.38 bits per heavy atom. The van der Waals surface area contributed by atoms with Gasteiger partial charge in [-0.1, -0.05) is 0 Å². The van der Waals surface area contributed by atoms with E-state index in [1.807, 2.05) is 0 Å². The molecule has 0 aliphatic rings. The average Bonchev–Trinajstić information content (AvgIpc) is 2.09. The van der Waals surface area contributed by atoms with Crippen molar-refractivity contribution in [2.45, 2.75) is 0 Å². The Labute approximate surface area is 74.8 Å². The highest BCUT2D eigenvalue weighted by Gasteiger charge is 2.25. The van der Waals surface area contributed by atoms with Gasteiger partial charge in [0.2, 0.25) is 0 Å². The minimum atomic E-state index is -4.00. The van der Waals surface area contributed by atoms with Crippen molar-refractivity contribution < 1.29 is 24.2 Å². The van der Waals surface area contributed by atoms with Crippen molar-refractivity contribution >= 4 is 12.9 Å². The third kappa shape index (κ3) is 2.01. The van der Waals surface area contributed by atoms with E-state index in [-0.39, 0.29) is 16.8 Å². The zero-order valence-corrected chi connectivity index (χ0v) is 7.73. The van der Waals surface area contributed by atoms with E-state index in [4.69, 9.17) is 10.00 Å². The molecule has 0 aromatic heterocycles. The number of aromatic hydroxyl groups is 2. The fourth-order valence-corrected chi connectivity index (χ4v) is 1.69. The molecule has 0 saturated heterocycles. The second-order valence-corrected chi connectivity index (χ2v) is 4.26. The number of rotatable bonds is 2. The van der Waals surface area contributed by atoms with Gasteiger partial charge >= 0.3 is 7.60 Å². The maximum Gasteiger partial charge on any atom is 0.362 e. The molecule has 0 aliphatic carbocycles. The smallest absolute Gasteiger partial charge is 0.362 e. The van der Waals surface area contributed by atoms with E-state index in [0.29, 0.717) is 0 Å². The van der Waals surface area contributed by atoms with E-state index in [9.17, 15) is 9.67 Å². The molecular formula is C7H9O5P. The lowest BCUT2D eigenvalue weighted by atomic mass is 10.3. The van der Waals surface area contributed by atoms with Crippen molar-refractivity contribution in [3.8, 4) is 11.5 Å². The highest BCUT2D eigenvalue weighted by molar-refractivity contribution is 7.61. The minimum absolute atomic E-state index is 0.209. The summed E-state index contributed by atoms with van der Waals surface area (Å²) < 4.78 is 15.5. The predicted molar refractivity (Wildman–Crippen MR) is 46.2 cm³/mol. The van der Waals surface area contributed by atoms with Gasteiger partial charge in [-0.15, -0.1) is 0 Å². The standard InChI is InChI=1S/C7H9O5P/c1-12-13(10,11)7-4-5(8)2-3-6(7)9/h2-4,8-9H,1H3,(H,10,11). The minimum Gasteiger partial charge on any atom is -0.508 e. The van der Waals surface area contributed by atoms with E-state index in [1.54, 1.807) is 0 Å². The number of benzene rings is 1. The van der Waals surface area contributed by atoms with Gasteiger partial charge in [-0.3, -0.25) is 4.57 Å². The molecule has 1 rings (SSSR count). The van der Waals surface area contributed by atoms with Crippen LogP contribution in [0.4, 0.5) is 0 Å². The van der Waals surface area contributed by atoms with Crippen LogP contribution in [0.1, 0.15) is 0 Å². The largest absolute Gasteiger partial charge is 0.508 e. The highest BCUT2D eigenvalue weighted by atomic mass is 31.2. The van der Waals surface area contributed by atoms with Crippen LogP contribution in [0.2, 0.25) is 0 Å². The summed E-state index contributed by atoms with van der Waals surface area (Å²) >= 11 is 0. The van der Waals surface area contributed by atoms with E-state index < -0.39 is 7.60 Å². The third-order valence-electron chi connectivity index (χ3n) is 1.51. The van der Waals surface area contributed by atoms with Crippen LogP contribution in [-0.2, 0) is 9.09 Å². The highest BCUT2D eigenvalue weighted by Crippen LogP contribution is 2.43. The summed E-state index contributed by atoms with van der Waals surface area (Å²) in [5, 5.41) is 17.9. The SMILES string of the molecule is COP(=O)(O)c1cc(O)ccc1O. The van der Waals surface area contributed by atoms with Crippen LogP contribution in [-0.4, -0.2) is 22.2 Å². The van der Waals surface area contributed by atoms with E-state index in [2.05, 4.69) is 4.52 Å². The van der Waals surface area contributed by atoms with Gasteiger partial charge in [-0.2, -0.15) is 0 Å². The Kier molecular flexibility index (Phi) is 2.61. The molecule has 0 amide bonds. The van der Waals surface area contributed by atoms with Gasteiger partial charge in [0.1, 0.15) is 16.8 Å². The molecule has 0 saturated carbocycles. The van der Waals surface area contributed by atoms with Crippen molar-refractivity contribution in [2.24, 2.45) is 0 Å². The van der Waals surface area contributed by atoms with Crippen molar-refractivity contribution in [2.75, 3.05) is 7.11 Å². The summed E-state index contributed by atoms with van der Waals surface area (Å²) in [5.41, 5.74) is 0. The summed E-state index contributed by atoms with van der Waals surface area (Å²) in [7, 11) is -2.95. The maximum absolute atomic E-state index is 11.2. The second kappa shape index (κ2) is 3.38. The lowest BCUT2D eigenvalue weighted by molar-refractivity contribution is 0.326. The Morgan fingerprint density at radius 3 is 2.54 bits per heavy atom. The van der Waals surface area contributed by atoms with Crippen LogP contribution in [0.3, 0.4) is 0 Å². The first-order valence-electron chi connectivity index (χ1n) is 3.38. The monoisotopic (exact) mass is 204 g/mol. The molecule has 0 bridgehead atoms. The first-order chi connectivity index (χ1) is 5.97. The van der Waals surface area contributed by atoms with E-state index in [1.165, 1.54) is 6.07 Å². The van der Waals surface area contributed by atoms with Crippen LogP contribution in [0.25, 0.3) is 0 Å². The van der Waals surface area contributed by atoms with Crippen LogP contribution in [0.15, 0.2) is 18.2 Å². The van der Waals surface area contributed by atoms with Gasteiger partial charge < -0.3 is 19.6 Å². The molecule has 1 unspecified atom stereocenters. The summed E-state index contributed by atoms with van der Waals surface area (Å²) in [6.07, 6.45) is 0. The molecule has 3 N–H and O–H groups in total. The van der Waals surface area contributed by atoms with Gasteiger partial charge in [-0.05, 0) is 18.2 Å². The zero-order valence-electron chi connectivity index (χ0n) is 6.84. The molecule has 13 heavy (non-hydrogen) atoms. The molecule has 1 aromatic rings. The molecular weight excluding hydrogens is 195 g/mol. The third-order valence-corrected chi connectivity index (χ3v) is 2.97. The lowest BCUT2D eigenvalue weighted by Gasteiger charge is -2.10. The van der Waals surface area contributed by atoms with Gasteiger partial charge in [0, 0.05) is 7.11 Å². The Bertz CT molecular complexity index is 362. The van der Waals surface area contributed by atoms with Crippen LogP contribution in [0.5, 0.6) is 11.5 Å². The summed E-state index contributed by atoms with van der Waals surface area (Å²) in [5.74, 6) is -0.593.